The quantitative estimate of drug-likeness (QED) is 0.474. The van der Waals surface area contributed by atoms with Crippen LogP contribution in [0.4, 0.5) is 5.69 Å². The maximum Gasteiger partial charge on any atom is 0.270 e. The van der Waals surface area contributed by atoms with Crippen LogP contribution in [-0.4, -0.2) is 29.5 Å². The normalized spacial score (nSPS) is 10.6. The molecule has 0 aliphatic rings. The summed E-state index contributed by atoms with van der Waals surface area (Å²) in [4.78, 5) is 29.5. The minimum atomic E-state index is -0.538. The molecule has 7 nitrogen and oxygen atoms in total. The zero-order valence-electron chi connectivity index (χ0n) is 14.7. The van der Waals surface area contributed by atoms with Crippen molar-refractivity contribution in [1.29, 1.82) is 0 Å². The van der Waals surface area contributed by atoms with Gasteiger partial charge in [-0.05, 0) is 31.5 Å². The molecule has 1 aromatic carbocycles. The van der Waals surface area contributed by atoms with Gasteiger partial charge in [0.2, 0.25) is 0 Å². The average Bonchev–Trinajstić information content (AvgIpc) is 3.29. The van der Waals surface area contributed by atoms with Crippen molar-refractivity contribution < 1.29 is 14.5 Å². The molecule has 0 atom stereocenters. The van der Waals surface area contributed by atoms with Crippen LogP contribution in [0.3, 0.4) is 0 Å². The lowest BCUT2D eigenvalue weighted by Crippen LogP contribution is -2.26. The first-order valence-corrected chi connectivity index (χ1v) is 9.79. The van der Waals surface area contributed by atoms with Crippen molar-refractivity contribution in [1.82, 2.24) is 10.3 Å². The molecule has 0 spiro atoms. The number of rotatable bonds is 7. The van der Waals surface area contributed by atoms with E-state index < -0.39 is 10.8 Å². The number of methoxy groups -OCH3 is 1. The monoisotopic (exact) mass is 403 g/mol. The second kappa shape index (κ2) is 8.28. The molecule has 2 aromatic heterocycles. The fraction of sp³-hybridized carbons (Fsp3) is 0.222. The molecule has 0 aliphatic carbocycles. The lowest BCUT2D eigenvalue weighted by Gasteiger charge is -2.09. The number of benzene rings is 1. The van der Waals surface area contributed by atoms with Gasteiger partial charge in [0.1, 0.15) is 5.75 Å². The van der Waals surface area contributed by atoms with Gasteiger partial charge in [0.15, 0.2) is 0 Å². The molecular weight excluding hydrogens is 386 g/mol. The van der Waals surface area contributed by atoms with Crippen LogP contribution in [0.2, 0.25) is 0 Å². The molecule has 0 unspecified atom stereocenters. The summed E-state index contributed by atoms with van der Waals surface area (Å²) in [6, 6.07) is 8.01. The summed E-state index contributed by atoms with van der Waals surface area (Å²) in [5.41, 5.74) is 0.970. The highest BCUT2D eigenvalue weighted by Gasteiger charge is 2.17. The van der Waals surface area contributed by atoms with Gasteiger partial charge >= 0.3 is 0 Å². The number of hydrogen-bond acceptors (Lipinski definition) is 7. The van der Waals surface area contributed by atoms with Gasteiger partial charge in [0.05, 0.1) is 33.2 Å². The van der Waals surface area contributed by atoms with Crippen LogP contribution in [0.15, 0.2) is 35.7 Å². The molecule has 3 aromatic rings. The molecule has 1 amide bonds. The number of ether oxygens (including phenoxy) is 1. The number of nitrogens with zero attached hydrogens (tertiary/aromatic N) is 2. The van der Waals surface area contributed by atoms with Crippen molar-refractivity contribution in [2.45, 2.75) is 13.3 Å². The van der Waals surface area contributed by atoms with E-state index >= 15 is 0 Å². The highest BCUT2D eigenvalue weighted by molar-refractivity contribution is 7.16. The molecule has 0 saturated heterocycles. The van der Waals surface area contributed by atoms with E-state index in [1.165, 1.54) is 25.3 Å². The van der Waals surface area contributed by atoms with Gasteiger partial charge in [-0.2, -0.15) is 0 Å². The van der Waals surface area contributed by atoms with Crippen LogP contribution in [0.5, 0.6) is 5.75 Å². The molecule has 1 N–H and O–H groups in total. The molecule has 0 fully saturated rings. The van der Waals surface area contributed by atoms with Gasteiger partial charge in [-0.3, -0.25) is 14.9 Å². The summed E-state index contributed by atoms with van der Waals surface area (Å²) < 4.78 is 5.13. The van der Waals surface area contributed by atoms with Gasteiger partial charge in [0, 0.05) is 28.9 Å². The number of aryl methyl sites for hydroxylation is 1. The van der Waals surface area contributed by atoms with Crippen molar-refractivity contribution in [2.75, 3.05) is 13.7 Å². The van der Waals surface area contributed by atoms with Crippen molar-refractivity contribution in [3.63, 3.8) is 0 Å². The summed E-state index contributed by atoms with van der Waals surface area (Å²) in [5, 5.41) is 16.8. The Hall–Kier alpha value is -2.78. The van der Waals surface area contributed by atoms with Crippen LogP contribution in [0, 0.1) is 17.0 Å². The molecule has 0 radical (unpaired) electrons. The van der Waals surface area contributed by atoms with Gasteiger partial charge in [-0.1, -0.05) is 0 Å². The maximum absolute atomic E-state index is 12.4. The number of hydrogen-bond donors (Lipinski definition) is 1. The molecule has 0 aliphatic heterocycles. The predicted molar refractivity (Wildman–Crippen MR) is 106 cm³/mol. The standard InChI is InChI=1S/C18H17N3O4S2/c1-11-20-15(10-26-11)17-6-4-13(27-17)7-8-19-18(22)14-9-12(21(23)24)3-5-16(14)25-2/h3-6,9-10H,7-8H2,1-2H3,(H,19,22). The lowest BCUT2D eigenvalue weighted by atomic mass is 10.1. The maximum atomic E-state index is 12.4. The van der Waals surface area contributed by atoms with E-state index in [0.29, 0.717) is 18.7 Å². The fourth-order valence-corrected chi connectivity index (χ4v) is 4.16. The van der Waals surface area contributed by atoms with E-state index in [2.05, 4.69) is 10.3 Å². The Kier molecular flexibility index (Phi) is 5.82. The summed E-state index contributed by atoms with van der Waals surface area (Å²) >= 11 is 3.25. The Morgan fingerprint density at radius 3 is 2.81 bits per heavy atom. The third-order valence-electron chi connectivity index (χ3n) is 3.83. The Labute approximate surface area is 163 Å². The topological polar surface area (TPSA) is 94.4 Å². The van der Waals surface area contributed by atoms with Crippen molar-refractivity contribution >= 4 is 34.3 Å². The molecule has 140 valence electrons. The highest BCUT2D eigenvalue weighted by atomic mass is 32.1. The van der Waals surface area contributed by atoms with Gasteiger partial charge in [0.25, 0.3) is 11.6 Å². The number of nitro groups is 1. The zero-order chi connectivity index (χ0) is 19.4. The van der Waals surface area contributed by atoms with E-state index in [1.807, 2.05) is 24.4 Å². The largest absolute Gasteiger partial charge is 0.496 e. The first-order chi connectivity index (χ1) is 13.0. The van der Waals surface area contributed by atoms with E-state index in [-0.39, 0.29) is 11.3 Å². The number of carbonyl (C=O) groups excluding carboxylic acids is 1. The second-order valence-corrected chi connectivity index (χ2v) is 7.90. The van der Waals surface area contributed by atoms with E-state index in [4.69, 9.17) is 4.74 Å². The molecule has 0 saturated carbocycles. The number of nitro benzene ring substituents is 1. The van der Waals surface area contributed by atoms with E-state index in [0.717, 1.165) is 20.5 Å². The third-order valence-corrected chi connectivity index (χ3v) is 5.77. The van der Waals surface area contributed by atoms with E-state index in [9.17, 15) is 14.9 Å². The molecule has 3 rings (SSSR count). The fourth-order valence-electron chi connectivity index (χ4n) is 2.51. The lowest BCUT2D eigenvalue weighted by molar-refractivity contribution is -0.384. The number of thiazole rings is 1. The van der Waals surface area contributed by atoms with Crippen LogP contribution in [0.1, 0.15) is 20.2 Å². The van der Waals surface area contributed by atoms with Gasteiger partial charge in [-0.25, -0.2) is 4.98 Å². The number of carbonyl (C=O) groups is 1. The minimum absolute atomic E-state index is 0.150. The number of thiophene rings is 1. The Bertz CT molecular complexity index is 981. The molecule has 27 heavy (non-hydrogen) atoms. The van der Waals surface area contributed by atoms with Gasteiger partial charge < -0.3 is 10.1 Å². The molecule has 9 heteroatoms. The Balaban J connectivity index is 1.62. The van der Waals surface area contributed by atoms with E-state index in [1.54, 1.807) is 22.7 Å². The smallest absolute Gasteiger partial charge is 0.270 e. The number of aromatic nitrogens is 1. The Morgan fingerprint density at radius 1 is 1.33 bits per heavy atom. The van der Waals surface area contributed by atoms with Crippen LogP contribution in [0.25, 0.3) is 10.6 Å². The summed E-state index contributed by atoms with van der Waals surface area (Å²) in [6.07, 6.45) is 0.663. The Morgan fingerprint density at radius 2 is 2.15 bits per heavy atom. The summed E-state index contributed by atoms with van der Waals surface area (Å²) in [5.74, 6) is -0.0992. The van der Waals surface area contributed by atoms with Crippen LogP contribution < -0.4 is 10.1 Å². The predicted octanol–water partition coefficient (Wildman–Crippen LogP) is 4.07. The molecule has 2 heterocycles. The zero-order valence-corrected chi connectivity index (χ0v) is 16.4. The highest BCUT2D eigenvalue weighted by Crippen LogP contribution is 2.29. The number of amides is 1. The van der Waals surface area contributed by atoms with Crippen molar-refractivity contribution in [3.05, 3.63) is 61.3 Å². The van der Waals surface area contributed by atoms with Crippen LogP contribution in [-0.2, 0) is 6.42 Å². The first-order valence-electron chi connectivity index (χ1n) is 8.10. The first kappa shape index (κ1) is 19.0. The minimum Gasteiger partial charge on any atom is -0.496 e. The summed E-state index contributed by atoms with van der Waals surface area (Å²) in [6.45, 7) is 2.39. The molecular formula is C18H17N3O4S2. The summed E-state index contributed by atoms with van der Waals surface area (Å²) in [7, 11) is 1.42. The van der Waals surface area contributed by atoms with Crippen molar-refractivity contribution in [3.8, 4) is 16.3 Å². The number of nitrogens with one attached hydrogen (secondary N) is 1. The number of non-ortho nitro benzene ring substituents is 1. The SMILES string of the molecule is COc1ccc([N+](=O)[O-])cc1C(=O)NCCc1ccc(-c2csc(C)n2)s1. The third kappa shape index (κ3) is 4.50. The second-order valence-electron chi connectivity index (χ2n) is 5.67. The van der Waals surface area contributed by atoms with Crippen molar-refractivity contribution in [2.24, 2.45) is 0 Å². The van der Waals surface area contributed by atoms with Gasteiger partial charge in [-0.15, -0.1) is 22.7 Å². The average molecular weight is 403 g/mol. The van der Waals surface area contributed by atoms with Crippen LogP contribution >= 0.6 is 22.7 Å². The molecule has 0 bridgehead atoms.